The van der Waals surface area contributed by atoms with E-state index in [0.717, 1.165) is 29.9 Å². The summed E-state index contributed by atoms with van der Waals surface area (Å²) in [5.74, 6) is 1.46. The first-order chi connectivity index (χ1) is 13.1. The number of halogens is 2. The number of fused-ring (bicyclic) bond motifs is 1. The molecular formula is C20H19BrFNO4. The highest BCUT2D eigenvalue weighted by molar-refractivity contribution is 9.10. The van der Waals surface area contributed by atoms with Crippen molar-refractivity contribution in [2.75, 3.05) is 26.4 Å². The first kappa shape index (κ1) is 18.1. The number of hydrogen-bond acceptors (Lipinski definition) is 4. The molecule has 0 N–H and O–H groups in total. The Morgan fingerprint density at radius 3 is 2.81 bits per heavy atom. The van der Waals surface area contributed by atoms with E-state index in [1.807, 2.05) is 23.1 Å². The molecule has 2 aromatic rings. The lowest BCUT2D eigenvalue weighted by Gasteiger charge is -2.26. The molecule has 4 rings (SSSR count). The van der Waals surface area contributed by atoms with E-state index in [9.17, 15) is 9.18 Å². The van der Waals surface area contributed by atoms with Crippen LogP contribution in [0.15, 0.2) is 40.9 Å². The van der Waals surface area contributed by atoms with Gasteiger partial charge in [-0.2, -0.15) is 0 Å². The van der Waals surface area contributed by atoms with Gasteiger partial charge in [0.05, 0.1) is 10.5 Å². The van der Waals surface area contributed by atoms with Gasteiger partial charge >= 0.3 is 0 Å². The molecule has 1 unspecified atom stereocenters. The molecule has 2 aliphatic rings. The molecule has 2 aliphatic heterocycles. The molecular weight excluding hydrogens is 417 g/mol. The molecule has 2 heterocycles. The summed E-state index contributed by atoms with van der Waals surface area (Å²) in [5.41, 5.74) is 1.04. The minimum absolute atomic E-state index is 0.00594. The van der Waals surface area contributed by atoms with Crippen molar-refractivity contribution >= 4 is 21.8 Å². The minimum atomic E-state index is -0.362. The van der Waals surface area contributed by atoms with Crippen molar-refractivity contribution in [2.45, 2.75) is 18.9 Å². The van der Waals surface area contributed by atoms with E-state index in [4.69, 9.17) is 14.2 Å². The van der Waals surface area contributed by atoms with Crippen LogP contribution in [0.25, 0.3) is 0 Å². The van der Waals surface area contributed by atoms with Crippen LogP contribution in [0.1, 0.15) is 24.4 Å². The number of rotatable bonds is 4. The van der Waals surface area contributed by atoms with Crippen molar-refractivity contribution in [1.82, 2.24) is 4.90 Å². The third-order valence-electron chi connectivity index (χ3n) is 4.77. The highest BCUT2D eigenvalue weighted by Gasteiger charge is 2.31. The van der Waals surface area contributed by atoms with Crippen LogP contribution < -0.4 is 14.2 Å². The molecule has 0 aromatic heterocycles. The molecule has 5 nitrogen and oxygen atoms in total. The molecule has 1 fully saturated rings. The predicted octanol–water partition coefficient (Wildman–Crippen LogP) is 4.10. The standard InChI is InChI=1S/C20H19BrFNO4/c21-15-11-14(22)4-6-17(15)27-12-20(24)23-7-1-2-16(23)13-3-5-18-19(10-13)26-9-8-25-18/h3-6,10-11,16H,1-2,7-9,12H2. The number of amides is 1. The normalized spacial score (nSPS) is 18.4. The number of likely N-dealkylation sites (tertiary alicyclic amines) is 1. The zero-order valence-corrected chi connectivity index (χ0v) is 16.2. The molecule has 142 valence electrons. The fourth-order valence-electron chi connectivity index (χ4n) is 3.49. The number of ether oxygens (including phenoxy) is 3. The van der Waals surface area contributed by atoms with Crippen molar-refractivity contribution in [2.24, 2.45) is 0 Å². The smallest absolute Gasteiger partial charge is 0.261 e. The molecule has 0 saturated carbocycles. The first-order valence-electron chi connectivity index (χ1n) is 8.89. The van der Waals surface area contributed by atoms with Crippen LogP contribution in [0.2, 0.25) is 0 Å². The van der Waals surface area contributed by atoms with Crippen molar-refractivity contribution < 1.29 is 23.4 Å². The van der Waals surface area contributed by atoms with Gasteiger partial charge in [0.1, 0.15) is 24.8 Å². The van der Waals surface area contributed by atoms with E-state index in [1.54, 1.807) is 0 Å². The number of carbonyl (C=O) groups excluding carboxylic acids is 1. The maximum Gasteiger partial charge on any atom is 0.261 e. The molecule has 0 bridgehead atoms. The summed E-state index contributed by atoms with van der Waals surface area (Å²) in [7, 11) is 0. The van der Waals surface area contributed by atoms with Crippen LogP contribution in [0.5, 0.6) is 17.2 Å². The molecule has 0 radical (unpaired) electrons. The first-order valence-corrected chi connectivity index (χ1v) is 9.68. The Kier molecular flexibility index (Phi) is 5.20. The van der Waals surface area contributed by atoms with Crippen LogP contribution in [0.3, 0.4) is 0 Å². The van der Waals surface area contributed by atoms with E-state index in [1.165, 1.54) is 18.2 Å². The largest absolute Gasteiger partial charge is 0.486 e. The number of carbonyl (C=O) groups is 1. The zero-order valence-electron chi connectivity index (χ0n) is 14.6. The lowest BCUT2D eigenvalue weighted by Crippen LogP contribution is -2.34. The summed E-state index contributed by atoms with van der Waals surface area (Å²) in [6.45, 7) is 1.68. The molecule has 1 atom stereocenters. The van der Waals surface area contributed by atoms with Crippen LogP contribution in [-0.4, -0.2) is 37.2 Å². The summed E-state index contributed by atoms with van der Waals surface area (Å²) >= 11 is 3.25. The van der Waals surface area contributed by atoms with Gasteiger partial charge in [-0.1, -0.05) is 6.07 Å². The second-order valence-corrected chi connectivity index (χ2v) is 7.37. The van der Waals surface area contributed by atoms with Gasteiger partial charge in [0.25, 0.3) is 5.91 Å². The highest BCUT2D eigenvalue weighted by Crippen LogP contribution is 2.38. The Morgan fingerprint density at radius 1 is 1.19 bits per heavy atom. The molecule has 2 aromatic carbocycles. The minimum Gasteiger partial charge on any atom is -0.486 e. The lowest BCUT2D eigenvalue weighted by molar-refractivity contribution is -0.134. The molecule has 0 spiro atoms. The number of hydrogen-bond donors (Lipinski definition) is 0. The van der Waals surface area contributed by atoms with Gasteiger partial charge in [-0.15, -0.1) is 0 Å². The Morgan fingerprint density at radius 2 is 2.00 bits per heavy atom. The Labute approximate surface area is 165 Å². The highest BCUT2D eigenvalue weighted by atomic mass is 79.9. The monoisotopic (exact) mass is 435 g/mol. The number of nitrogens with zero attached hydrogens (tertiary/aromatic N) is 1. The van der Waals surface area contributed by atoms with Gasteiger partial charge in [0.15, 0.2) is 18.1 Å². The lowest BCUT2D eigenvalue weighted by atomic mass is 10.0. The predicted molar refractivity (Wildman–Crippen MR) is 101 cm³/mol. The topological polar surface area (TPSA) is 48.0 Å². The van der Waals surface area contributed by atoms with Gasteiger partial charge in [-0.05, 0) is 64.7 Å². The summed E-state index contributed by atoms with van der Waals surface area (Å²) < 4.78 is 30.5. The van der Waals surface area contributed by atoms with Crippen molar-refractivity contribution in [3.63, 3.8) is 0 Å². The summed E-state index contributed by atoms with van der Waals surface area (Å²) in [4.78, 5) is 14.6. The zero-order chi connectivity index (χ0) is 18.8. The third-order valence-corrected chi connectivity index (χ3v) is 5.39. The van der Waals surface area contributed by atoms with Gasteiger partial charge < -0.3 is 19.1 Å². The average molecular weight is 436 g/mol. The quantitative estimate of drug-likeness (QED) is 0.724. The SMILES string of the molecule is O=C(COc1ccc(F)cc1Br)N1CCCC1c1ccc2c(c1)OCCO2. The van der Waals surface area contributed by atoms with Crippen molar-refractivity contribution in [1.29, 1.82) is 0 Å². The Balaban J connectivity index is 1.45. The maximum absolute atomic E-state index is 13.2. The van der Waals surface area contributed by atoms with E-state index in [-0.39, 0.29) is 24.4 Å². The molecule has 0 aliphatic carbocycles. The van der Waals surface area contributed by atoms with E-state index < -0.39 is 0 Å². The number of benzene rings is 2. The fraction of sp³-hybridized carbons (Fsp3) is 0.350. The van der Waals surface area contributed by atoms with Crippen molar-refractivity contribution in [3.8, 4) is 17.2 Å². The second kappa shape index (κ2) is 7.76. The molecule has 1 saturated heterocycles. The van der Waals surface area contributed by atoms with Crippen molar-refractivity contribution in [3.05, 3.63) is 52.3 Å². The van der Waals surface area contributed by atoms with Crippen LogP contribution >= 0.6 is 15.9 Å². The van der Waals surface area contributed by atoms with E-state index in [2.05, 4.69) is 15.9 Å². The second-order valence-electron chi connectivity index (χ2n) is 6.51. The maximum atomic E-state index is 13.2. The fourth-order valence-corrected chi connectivity index (χ4v) is 3.96. The van der Waals surface area contributed by atoms with Gasteiger partial charge in [0, 0.05) is 6.54 Å². The summed E-state index contributed by atoms with van der Waals surface area (Å²) in [5, 5.41) is 0. The van der Waals surface area contributed by atoms with Gasteiger partial charge in [-0.3, -0.25) is 4.79 Å². The molecule has 1 amide bonds. The van der Waals surface area contributed by atoms with E-state index >= 15 is 0 Å². The third kappa shape index (κ3) is 3.88. The van der Waals surface area contributed by atoms with Gasteiger partial charge in [0.2, 0.25) is 0 Å². The van der Waals surface area contributed by atoms with E-state index in [0.29, 0.717) is 30.0 Å². The summed E-state index contributed by atoms with van der Waals surface area (Å²) in [6.07, 6.45) is 1.83. The van der Waals surface area contributed by atoms with Crippen LogP contribution in [0.4, 0.5) is 4.39 Å². The Bertz CT molecular complexity index is 860. The Hall–Kier alpha value is -2.28. The van der Waals surface area contributed by atoms with Crippen LogP contribution in [0, 0.1) is 5.82 Å². The molecule has 27 heavy (non-hydrogen) atoms. The summed E-state index contributed by atoms with van der Waals surface area (Å²) in [6, 6.07) is 9.97. The van der Waals surface area contributed by atoms with Crippen LogP contribution in [-0.2, 0) is 4.79 Å². The average Bonchev–Trinajstić information content (AvgIpc) is 3.16. The molecule has 7 heteroatoms. The van der Waals surface area contributed by atoms with Gasteiger partial charge in [-0.25, -0.2) is 4.39 Å².